The molecule has 0 aliphatic carbocycles. The van der Waals surface area contributed by atoms with Crippen LogP contribution in [0.15, 0.2) is 30.3 Å². The fraction of sp³-hybridized carbons (Fsp3) is 0.667. The Hall–Kier alpha value is -1.06. The molecule has 0 amide bonds. The van der Waals surface area contributed by atoms with Crippen LogP contribution in [0.5, 0.6) is 0 Å². The Kier molecular flexibility index (Phi) is 5.65. The molecule has 2 N–H and O–H groups in total. The molecule has 1 aromatic rings. The zero-order valence-corrected chi connectivity index (χ0v) is 13.7. The highest BCUT2D eigenvalue weighted by Gasteiger charge is 2.24. The molecule has 1 atom stereocenters. The molecule has 0 aromatic heterocycles. The van der Waals surface area contributed by atoms with Crippen molar-refractivity contribution >= 4 is 5.69 Å². The molecule has 3 nitrogen and oxygen atoms in total. The molecule has 0 radical (unpaired) electrons. The van der Waals surface area contributed by atoms with Gasteiger partial charge in [0.2, 0.25) is 0 Å². The molecular weight excluding hydrogens is 260 g/mol. The molecule has 1 aliphatic heterocycles. The smallest absolute Gasteiger partial charge is 0.0584 e. The van der Waals surface area contributed by atoms with E-state index in [0.29, 0.717) is 6.04 Å². The number of nitrogens with one attached hydrogen (secondary N) is 1. The number of hydrogen-bond donors (Lipinski definition) is 2. The molecule has 1 saturated heterocycles. The van der Waals surface area contributed by atoms with E-state index < -0.39 is 0 Å². The lowest BCUT2D eigenvalue weighted by Crippen LogP contribution is -2.48. The van der Waals surface area contributed by atoms with Gasteiger partial charge in [-0.15, -0.1) is 0 Å². The number of benzene rings is 1. The highest BCUT2D eigenvalue weighted by Crippen LogP contribution is 2.23. The van der Waals surface area contributed by atoms with E-state index in [4.69, 9.17) is 0 Å². The maximum absolute atomic E-state index is 9.58. The predicted octanol–water partition coefficient (Wildman–Crippen LogP) is 3.04. The lowest BCUT2D eigenvalue weighted by molar-refractivity contribution is 0.182. The Morgan fingerprint density at radius 1 is 1.19 bits per heavy atom. The highest BCUT2D eigenvalue weighted by molar-refractivity contribution is 5.46. The summed E-state index contributed by atoms with van der Waals surface area (Å²) < 4.78 is 0. The zero-order chi connectivity index (χ0) is 15.3. The largest absolute Gasteiger partial charge is 0.395 e. The van der Waals surface area contributed by atoms with Crippen molar-refractivity contribution in [2.75, 3.05) is 24.6 Å². The van der Waals surface area contributed by atoms with Crippen LogP contribution in [-0.2, 0) is 0 Å². The Morgan fingerprint density at radius 2 is 1.81 bits per heavy atom. The zero-order valence-electron chi connectivity index (χ0n) is 13.7. The molecular formula is C18H30N2O. The third-order valence-corrected chi connectivity index (χ3v) is 4.17. The van der Waals surface area contributed by atoms with E-state index in [9.17, 15) is 5.11 Å². The number of rotatable bonds is 5. The quantitative estimate of drug-likeness (QED) is 0.875. The van der Waals surface area contributed by atoms with E-state index >= 15 is 0 Å². The fourth-order valence-electron chi connectivity index (χ4n) is 3.19. The molecule has 1 aromatic carbocycles. The summed E-state index contributed by atoms with van der Waals surface area (Å²) >= 11 is 0. The van der Waals surface area contributed by atoms with E-state index in [1.54, 1.807) is 0 Å². The number of aliphatic hydroxyl groups excluding tert-OH is 1. The average molecular weight is 290 g/mol. The SMILES string of the molecule is CC(C)(C)CC(CO)NC1CCN(c2ccccc2)CC1. The Morgan fingerprint density at radius 3 is 2.33 bits per heavy atom. The summed E-state index contributed by atoms with van der Waals surface area (Å²) in [5.41, 5.74) is 1.58. The molecule has 1 aliphatic rings. The van der Waals surface area contributed by atoms with Crippen LogP contribution in [0.1, 0.15) is 40.0 Å². The third kappa shape index (κ3) is 5.33. The first-order valence-corrected chi connectivity index (χ1v) is 8.15. The minimum Gasteiger partial charge on any atom is -0.395 e. The number of hydrogen-bond acceptors (Lipinski definition) is 3. The second kappa shape index (κ2) is 7.28. The maximum atomic E-state index is 9.58. The van der Waals surface area contributed by atoms with Gasteiger partial charge in [-0.2, -0.15) is 0 Å². The lowest BCUT2D eigenvalue weighted by Gasteiger charge is -2.36. The Bertz CT molecular complexity index is 405. The predicted molar refractivity (Wildman–Crippen MR) is 89.8 cm³/mol. The van der Waals surface area contributed by atoms with Crippen molar-refractivity contribution in [1.82, 2.24) is 5.32 Å². The summed E-state index contributed by atoms with van der Waals surface area (Å²) in [5.74, 6) is 0. The first kappa shape index (κ1) is 16.3. The summed E-state index contributed by atoms with van der Waals surface area (Å²) in [7, 11) is 0. The standard InChI is InChI=1S/C18H30N2O/c1-18(2,3)13-16(14-21)19-15-9-11-20(12-10-15)17-7-5-4-6-8-17/h4-8,15-16,19,21H,9-14H2,1-3H3. The number of nitrogens with zero attached hydrogens (tertiary/aromatic N) is 1. The van der Waals surface area contributed by atoms with E-state index in [1.807, 2.05) is 0 Å². The number of piperidine rings is 1. The fourth-order valence-corrected chi connectivity index (χ4v) is 3.19. The second-order valence-corrected chi connectivity index (χ2v) is 7.41. The summed E-state index contributed by atoms with van der Waals surface area (Å²) in [6, 6.07) is 11.4. The third-order valence-electron chi connectivity index (χ3n) is 4.17. The molecule has 118 valence electrons. The van der Waals surface area contributed by atoms with Crippen LogP contribution < -0.4 is 10.2 Å². The molecule has 0 saturated carbocycles. The van der Waals surface area contributed by atoms with Crippen LogP contribution >= 0.6 is 0 Å². The Labute approximate surface area is 129 Å². The van der Waals surface area contributed by atoms with Gasteiger partial charge in [0.15, 0.2) is 0 Å². The Balaban J connectivity index is 1.81. The molecule has 1 unspecified atom stereocenters. The van der Waals surface area contributed by atoms with E-state index in [1.165, 1.54) is 5.69 Å². The average Bonchev–Trinajstić information content (AvgIpc) is 2.47. The summed E-state index contributed by atoms with van der Waals surface area (Å²) in [6.45, 7) is 9.11. The van der Waals surface area contributed by atoms with Crippen molar-refractivity contribution in [2.24, 2.45) is 5.41 Å². The van der Waals surface area contributed by atoms with Crippen LogP contribution in [0.2, 0.25) is 0 Å². The van der Waals surface area contributed by atoms with Gasteiger partial charge in [-0.1, -0.05) is 39.0 Å². The van der Waals surface area contributed by atoms with E-state index in [-0.39, 0.29) is 18.1 Å². The van der Waals surface area contributed by atoms with Crippen molar-refractivity contribution < 1.29 is 5.11 Å². The molecule has 1 heterocycles. The van der Waals surface area contributed by atoms with Gasteiger partial charge in [0.05, 0.1) is 6.61 Å². The van der Waals surface area contributed by atoms with Gasteiger partial charge in [0, 0.05) is 30.9 Å². The van der Waals surface area contributed by atoms with Crippen LogP contribution in [0.3, 0.4) is 0 Å². The molecule has 1 fully saturated rings. The first-order valence-electron chi connectivity index (χ1n) is 8.15. The van der Waals surface area contributed by atoms with Crippen LogP contribution in [0.4, 0.5) is 5.69 Å². The van der Waals surface area contributed by atoms with Crippen molar-refractivity contribution in [3.63, 3.8) is 0 Å². The van der Waals surface area contributed by atoms with Gasteiger partial charge in [-0.05, 0) is 36.8 Å². The molecule has 3 heteroatoms. The topological polar surface area (TPSA) is 35.5 Å². The van der Waals surface area contributed by atoms with Gasteiger partial charge >= 0.3 is 0 Å². The van der Waals surface area contributed by atoms with Crippen LogP contribution in [0.25, 0.3) is 0 Å². The summed E-state index contributed by atoms with van der Waals surface area (Å²) in [5, 5.41) is 13.2. The minimum atomic E-state index is 0.221. The first-order chi connectivity index (χ1) is 9.98. The second-order valence-electron chi connectivity index (χ2n) is 7.41. The normalized spacial score (nSPS) is 18.8. The summed E-state index contributed by atoms with van der Waals surface area (Å²) in [6.07, 6.45) is 3.31. The molecule has 21 heavy (non-hydrogen) atoms. The summed E-state index contributed by atoms with van der Waals surface area (Å²) in [4.78, 5) is 2.45. The van der Waals surface area contributed by atoms with Crippen molar-refractivity contribution in [3.05, 3.63) is 30.3 Å². The lowest BCUT2D eigenvalue weighted by atomic mass is 9.87. The van der Waals surface area contributed by atoms with Gasteiger partial charge < -0.3 is 15.3 Å². The van der Waals surface area contributed by atoms with Crippen LogP contribution in [-0.4, -0.2) is 36.9 Å². The number of aliphatic hydroxyl groups is 1. The van der Waals surface area contributed by atoms with Gasteiger partial charge in [-0.25, -0.2) is 0 Å². The maximum Gasteiger partial charge on any atom is 0.0584 e. The van der Waals surface area contributed by atoms with E-state index in [2.05, 4.69) is 61.3 Å². The molecule has 0 spiro atoms. The van der Waals surface area contributed by atoms with Crippen LogP contribution in [0, 0.1) is 5.41 Å². The molecule has 2 rings (SSSR count). The number of para-hydroxylation sites is 1. The van der Waals surface area contributed by atoms with E-state index in [0.717, 1.165) is 32.4 Å². The van der Waals surface area contributed by atoms with Crippen molar-refractivity contribution in [3.8, 4) is 0 Å². The van der Waals surface area contributed by atoms with Gasteiger partial charge in [0.1, 0.15) is 0 Å². The van der Waals surface area contributed by atoms with Gasteiger partial charge in [-0.3, -0.25) is 0 Å². The monoisotopic (exact) mass is 290 g/mol. The van der Waals surface area contributed by atoms with Crippen molar-refractivity contribution in [1.29, 1.82) is 0 Å². The molecule has 0 bridgehead atoms. The highest BCUT2D eigenvalue weighted by atomic mass is 16.3. The minimum absolute atomic E-state index is 0.221. The van der Waals surface area contributed by atoms with Gasteiger partial charge in [0.25, 0.3) is 0 Å². The van der Waals surface area contributed by atoms with Crippen molar-refractivity contribution in [2.45, 2.75) is 52.1 Å². The number of anilines is 1.